The van der Waals surface area contributed by atoms with Gasteiger partial charge in [0, 0.05) is 6.20 Å². The van der Waals surface area contributed by atoms with Crippen LogP contribution < -0.4 is 5.32 Å². The molecule has 0 bridgehead atoms. The van der Waals surface area contributed by atoms with Gasteiger partial charge in [0.1, 0.15) is 11.2 Å². The van der Waals surface area contributed by atoms with Crippen molar-refractivity contribution < 1.29 is 9.59 Å². The maximum absolute atomic E-state index is 12.1. The van der Waals surface area contributed by atoms with Crippen molar-refractivity contribution in [2.75, 3.05) is 5.32 Å². The van der Waals surface area contributed by atoms with Crippen LogP contribution in [0.4, 0.5) is 5.82 Å². The summed E-state index contributed by atoms with van der Waals surface area (Å²) in [4.78, 5) is 27.8. The van der Waals surface area contributed by atoms with E-state index in [-0.39, 0.29) is 11.7 Å². The molecule has 1 aliphatic rings. The first-order chi connectivity index (χ1) is 7.09. The Morgan fingerprint density at radius 1 is 1.47 bits per heavy atom. The van der Waals surface area contributed by atoms with Crippen molar-refractivity contribution >= 4 is 17.5 Å². The standard InChI is InChI=1S/C11H12N2O2/c1-3-11(2)8(14)7-5-4-6-12-9(7)13-10(11)15/h4-6H,3H2,1-2H3,(H,12,13,15). The Morgan fingerprint density at radius 2 is 2.20 bits per heavy atom. The predicted molar refractivity (Wildman–Crippen MR) is 55.6 cm³/mol. The van der Waals surface area contributed by atoms with Gasteiger partial charge in [-0.25, -0.2) is 4.98 Å². The molecular weight excluding hydrogens is 192 g/mol. The van der Waals surface area contributed by atoms with Crippen LogP contribution in [0.2, 0.25) is 0 Å². The highest BCUT2D eigenvalue weighted by Crippen LogP contribution is 2.34. The van der Waals surface area contributed by atoms with E-state index in [2.05, 4.69) is 10.3 Å². The highest BCUT2D eigenvalue weighted by atomic mass is 16.2. The van der Waals surface area contributed by atoms with Gasteiger partial charge in [0.05, 0.1) is 5.56 Å². The second-order valence-electron chi connectivity index (χ2n) is 3.87. The number of pyridine rings is 1. The molecule has 1 aliphatic heterocycles. The monoisotopic (exact) mass is 204 g/mol. The summed E-state index contributed by atoms with van der Waals surface area (Å²) in [5.41, 5.74) is -0.447. The molecule has 15 heavy (non-hydrogen) atoms. The van der Waals surface area contributed by atoms with Gasteiger partial charge in [-0.05, 0) is 25.5 Å². The minimum Gasteiger partial charge on any atom is -0.309 e. The van der Waals surface area contributed by atoms with Crippen LogP contribution >= 0.6 is 0 Å². The quantitative estimate of drug-likeness (QED) is 0.707. The van der Waals surface area contributed by atoms with Crippen molar-refractivity contribution in [3.63, 3.8) is 0 Å². The van der Waals surface area contributed by atoms with E-state index in [0.717, 1.165) is 0 Å². The number of carbonyl (C=O) groups excluding carboxylic acids is 2. The molecule has 1 aromatic rings. The Hall–Kier alpha value is -1.71. The summed E-state index contributed by atoms with van der Waals surface area (Å²) < 4.78 is 0. The van der Waals surface area contributed by atoms with Gasteiger partial charge in [0.15, 0.2) is 5.78 Å². The molecule has 0 spiro atoms. The summed E-state index contributed by atoms with van der Waals surface area (Å²) in [6.07, 6.45) is 2.05. The Labute approximate surface area is 87.7 Å². The van der Waals surface area contributed by atoms with Crippen LogP contribution in [0.1, 0.15) is 30.6 Å². The number of fused-ring (bicyclic) bond motifs is 1. The molecule has 1 atom stereocenters. The lowest BCUT2D eigenvalue weighted by Crippen LogP contribution is -2.44. The number of rotatable bonds is 1. The first-order valence-electron chi connectivity index (χ1n) is 4.91. The third-order valence-electron chi connectivity index (χ3n) is 2.99. The average Bonchev–Trinajstić information content (AvgIpc) is 2.26. The number of ketones is 1. The Bertz CT molecular complexity index is 442. The normalized spacial score (nSPS) is 24.7. The highest BCUT2D eigenvalue weighted by Gasteiger charge is 2.44. The van der Waals surface area contributed by atoms with Gasteiger partial charge in [-0.15, -0.1) is 0 Å². The van der Waals surface area contributed by atoms with E-state index in [0.29, 0.717) is 17.8 Å². The number of amides is 1. The first kappa shape index (κ1) is 9.83. The van der Waals surface area contributed by atoms with E-state index in [9.17, 15) is 9.59 Å². The maximum Gasteiger partial charge on any atom is 0.239 e. The van der Waals surface area contributed by atoms with Crippen molar-refractivity contribution in [1.29, 1.82) is 0 Å². The van der Waals surface area contributed by atoms with Crippen LogP contribution in [0.25, 0.3) is 0 Å². The van der Waals surface area contributed by atoms with Crippen molar-refractivity contribution in [1.82, 2.24) is 4.98 Å². The van der Waals surface area contributed by atoms with Crippen molar-refractivity contribution in [2.45, 2.75) is 20.3 Å². The summed E-state index contributed by atoms with van der Waals surface area (Å²) in [6.45, 7) is 3.50. The van der Waals surface area contributed by atoms with E-state index in [1.807, 2.05) is 6.92 Å². The van der Waals surface area contributed by atoms with E-state index in [4.69, 9.17) is 0 Å². The lowest BCUT2D eigenvalue weighted by Gasteiger charge is -2.30. The van der Waals surface area contributed by atoms with Gasteiger partial charge in [-0.3, -0.25) is 9.59 Å². The van der Waals surface area contributed by atoms with Gasteiger partial charge in [0.2, 0.25) is 5.91 Å². The third-order valence-corrected chi connectivity index (χ3v) is 2.99. The number of Topliss-reactive ketones (excluding diaryl/α,β-unsaturated/α-hetero) is 1. The average molecular weight is 204 g/mol. The molecule has 0 radical (unpaired) electrons. The molecule has 2 heterocycles. The summed E-state index contributed by atoms with van der Waals surface area (Å²) >= 11 is 0. The SMILES string of the molecule is CCC1(C)C(=O)Nc2ncccc2C1=O. The number of aromatic nitrogens is 1. The molecule has 1 amide bonds. The fraction of sp³-hybridized carbons (Fsp3) is 0.364. The largest absolute Gasteiger partial charge is 0.309 e. The minimum absolute atomic E-state index is 0.142. The van der Waals surface area contributed by atoms with Crippen molar-refractivity contribution in [3.05, 3.63) is 23.9 Å². The van der Waals surface area contributed by atoms with Crippen LogP contribution in [0.5, 0.6) is 0 Å². The smallest absolute Gasteiger partial charge is 0.239 e. The van der Waals surface area contributed by atoms with Crippen LogP contribution in [-0.2, 0) is 4.79 Å². The van der Waals surface area contributed by atoms with Gasteiger partial charge < -0.3 is 5.32 Å². The van der Waals surface area contributed by atoms with E-state index in [1.165, 1.54) is 0 Å². The third kappa shape index (κ3) is 1.25. The number of nitrogens with zero attached hydrogens (tertiary/aromatic N) is 1. The fourth-order valence-electron chi connectivity index (χ4n) is 1.66. The number of nitrogens with one attached hydrogen (secondary N) is 1. The molecule has 4 heteroatoms. The predicted octanol–water partition coefficient (Wildman–Crippen LogP) is 1.63. The molecule has 0 aliphatic carbocycles. The Balaban J connectivity index is 2.57. The molecule has 2 rings (SSSR count). The van der Waals surface area contributed by atoms with E-state index in [1.54, 1.807) is 25.3 Å². The summed E-state index contributed by atoms with van der Waals surface area (Å²) in [5.74, 6) is -0.0310. The number of anilines is 1. The summed E-state index contributed by atoms with van der Waals surface area (Å²) in [6, 6.07) is 3.39. The molecule has 78 valence electrons. The van der Waals surface area contributed by atoms with Crippen LogP contribution in [0.3, 0.4) is 0 Å². The minimum atomic E-state index is -0.948. The van der Waals surface area contributed by atoms with Crippen LogP contribution in [-0.4, -0.2) is 16.7 Å². The fourth-order valence-corrected chi connectivity index (χ4v) is 1.66. The molecule has 0 saturated heterocycles. The maximum atomic E-state index is 12.1. The molecule has 4 nitrogen and oxygen atoms in total. The molecule has 1 unspecified atom stereocenters. The Morgan fingerprint density at radius 3 is 2.87 bits per heavy atom. The van der Waals surface area contributed by atoms with Gasteiger partial charge >= 0.3 is 0 Å². The first-order valence-corrected chi connectivity index (χ1v) is 4.91. The summed E-state index contributed by atoms with van der Waals surface area (Å²) in [5, 5.41) is 2.66. The number of hydrogen-bond donors (Lipinski definition) is 1. The van der Waals surface area contributed by atoms with Crippen molar-refractivity contribution in [3.8, 4) is 0 Å². The second-order valence-corrected chi connectivity index (χ2v) is 3.87. The zero-order chi connectivity index (χ0) is 11.1. The van der Waals surface area contributed by atoms with Gasteiger partial charge in [0.25, 0.3) is 0 Å². The summed E-state index contributed by atoms with van der Waals surface area (Å²) in [7, 11) is 0. The molecule has 0 saturated carbocycles. The number of carbonyl (C=O) groups is 2. The van der Waals surface area contributed by atoms with Gasteiger partial charge in [-0.1, -0.05) is 6.92 Å². The molecule has 0 fully saturated rings. The Kier molecular flexibility index (Phi) is 2.07. The molecule has 1 aromatic heterocycles. The van der Waals surface area contributed by atoms with Crippen LogP contribution in [0.15, 0.2) is 18.3 Å². The topological polar surface area (TPSA) is 59.1 Å². The second kappa shape index (κ2) is 3.15. The zero-order valence-electron chi connectivity index (χ0n) is 8.70. The van der Waals surface area contributed by atoms with E-state index >= 15 is 0 Å². The zero-order valence-corrected chi connectivity index (χ0v) is 8.70. The van der Waals surface area contributed by atoms with Gasteiger partial charge in [-0.2, -0.15) is 0 Å². The highest BCUT2D eigenvalue weighted by molar-refractivity contribution is 6.23. The number of hydrogen-bond acceptors (Lipinski definition) is 3. The molecule has 0 aromatic carbocycles. The van der Waals surface area contributed by atoms with Crippen molar-refractivity contribution in [2.24, 2.45) is 5.41 Å². The molecular formula is C11H12N2O2. The lowest BCUT2D eigenvalue weighted by atomic mass is 9.77. The van der Waals surface area contributed by atoms with E-state index < -0.39 is 5.41 Å². The lowest BCUT2D eigenvalue weighted by molar-refractivity contribution is -0.122. The molecule has 1 N–H and O–H groups in total. The van der Waals surface area contributed by atoms with Crippen LogP contribution in [0, 0.1) is 5.41 Å².